The Bertz CT molecular complexity index is 1080. The summed E-state index contributed by atoms with van der Waals surface area (Å²) in [5.74, 6) is 1.40. The van der Waals surface area contributed by atoms with E-state index in [1.807, 2.05) is 31.2 Å². The minimum absolute atomic E-state index is 0.0685. The molecule has 0 spiro atoms. The molecule has 32 heavy (non-hydrogen) atoms. The van der Waals surface area contributed by atoms with Gasteiger partial charge in [-0.1, -0.05) is 11.6 Å². The van der Waals surface area contributed by atoms with Gasteiger partial charge in [0, 0.05) is 29.4 Å². The molecule has 1 fully saturated rings. The highest BCUT2D eigenvalue weighted by molar-refractivity contribution is 6.30. The number of hydrogen-bond donors (Lipinski definition) is 1. The fourth-order valence-corrected chi connectivity index (χ4v) is 3.64. The summed E-state index contributed by atoms with van der Waals surface area (Å²) in [6.07, 6.45) is 0.177. The predicted octanol–water partition coefficient (Wildman–Crippen LogP) is 5.52. The Morgan fingerprint density at radius 2 is 1.56 bits per heavy atom. The second-order valence-electron chi connectivity index (χ2n) is 7.40. The second-order valence-corrected chi connectivity index (χ2v) is 7.84. The minimum Gasteiger partial charge on any atom is -0.494 e. The quantitative estimate of drug-likeness (QED) is 0.514. The second kappa shape index (κ2) is 9.75. The number of rotatable bonds is 7. The van der Waals surface area contributed by atoms with Gasteiger partial charge in [-0.05, 0) is 79.7 Å². The summed E-state index contributed by atoms with van der Waals surface area (Å²) in [4.78, 5) is 26.9. The summed E-state index contributed by atoms with van der Waals surface area (Å²) in [7, 11) is 0. The number of anilines is 2. The lowest BCUT2D eigenvalue weighted by molar-refractivity contribution is -0.122. The maximum Gasteiger partial charge on any atom is 0.229 e. The van der Waals surface area contributed by atoms with Crippen molar-refractivity contribution < 1.29 is 19.1 Å². The molecule has 0 unspecified atom stereocenters. The number of carbonyl (C=O) groups is 2. The molecule has 2 amide bonds. The standard InChI is InChI=1S/C25H23ClN2O4/c1-2-31-21-13-7-20(8-14-21)28-16-17(15-24(28)29)25(30)27-19-5-11-23(12-6-19)32-22-9-3-18(26)4-10-22/h3-14,17H,2,15-16H2,1H3,(H,27,30)/t17-/m0/s1. The van der Waals surface area contributed by atoms with Crippen LogP contribution < -0.4 is 19.7 Å². The van der Waals surface area contributed by atoms with Crippen molar-refractivity contribution in [3.63, 3.8) is 0 Å². The van der Waals surface area contributed by atoms with Crippen LogP contribution in [0.4, 0.5) is 11.4 Å². The smallest absolute Gasteiger partial charge is 0.229 e. The highest BCUT2D eigenvalue weighted by atomic mass is 35.5. The molecular formula is C25H23ClN2O4. The van der Waals surface area contributed by atoms with Gasteiger partial charge in [-0.25, -0.2) is 0 Å². The maximum atomic E-state index is 12.7. The minimum atomic E-state index is -0.418. The summed E-state index contributed by atoms with van der Waals surface area (Å²) in [5.41, 5.74) is 1.41. The van der Waals surface area contributed by atoms with Crippen LogP contribution in [-0.2, 0) is 9.59 Å². The molecule has 1 aliphatic rings. The predicted molar refractivity (Wildman–Crippen MR) is 125 cm³/mol. The summed E-state index contributed by atoms with van der Waals surface area (Å²) in [5, 5.41) is 3.53. The average molecular weight is 451 g/mol. The lowest BCUT2D eigenvalue weighted by Crippen LogP contribution is -2.28. The van der Waals surface area contributed by atoms with E-state index in [0.29, 0.717) is 35.4 Å². The van der Waals surface area contributed by atoms with Crippen molar-refractivity contribution in [1.29, 1.82) is 0 Å². The average Bonchev–Trinajstić information content (AvgIpc) is 3.19. The Labute approximate surface area is 191 Å². The molecule has 0 aromatic heterocycles. The number of carbonyl (C=O) groups excluding carboxylic acids is 2. The first kappa shape index (κ1) is 21.7. The van der Waals surface area contributed by atoms with Gasteiger partial charge in [0.25, 0.3) is 0 Å². The Kier molecular flexibility index (Phi) is 6.61. The van der Waals surface area contributed by atoms with Crippen LogP contribution in [0.2, 0.25) is 5.02 Å². The van der Waals surface area contributed by atoms with Crippen LogP contribution in [0.1, 0.15) is 13.3 Å². The lowest BCUT2D eigenvalue weighted by atomic mass is 10.1. The van der Waals surface area contributed by atoms with Gasteiger partial charge in [0.15, 0.2) is 0 Å². The molecule has 1 atom stereocenters. The molecule has 0 saturated carbocycles. The van der Waals surface area contributed by atoms with E-state index in [9.17, 15) is 9.59 Å². The SMILES string of the molecule is CCOc1ccc(N2C[C@@H](C(=O)Nc3ccc(Oc4ccc(Cl)cc4)cc3)CC2=O)cc1. The van der Waals surface area contributed by atoms with Crippen LogP contribution in [0, 0.1) is 5.92 Å². The molecule has 1 aliphatic heterocycles. The molecule has 1 N–H and O–H groups in total. The monoisotopic (exact) mass is 450 g/mol. The molecule has 1 heterocycles. The van der Waals surface area contributed by atoms with Crippen LogP contribution in [0.3, 0.4) is 0 Å². The zero-order valence-electron chi connectivity index (χ0n) is 17.6. The molecule has 3 aromatic rings. The summed E-state index contributed by atoms with van der Waals surface area (Å²) in [6.45, 7) is 2.84. The van der Waals surface area contributed by atoms with E-state index in [4.69, 9.17) is 21.1 Å². The van der Waals surface area contributed by atoms with Gasteiger partial charge in [-0.3, -0.25) is 9.59 Å². The summed E-state index contributed by atoms with van der Waals surface area (Å²) in [6, 6.07) is 21.5. The number of nitrogens with one attached hydrogen (secondary N) is 1. The van der Waals surface area contributed by atoms with E-state index in [1.54, 1.807) is 53.4 Å². The molecule has 164 valence electrons. The number of amides is 2. The van der Waals surface area contributed by atoms with Crippen molar-refractivity contribution in [2.24, 2.45) is 5.92 Å². The molecule has 0 bridgehead atoms. The number of ether oxygens (including phenoxy) is 2. The number of hydrogen-bond acceptors (Lipinski definition) is 4. The van der Waals surface area contributed by atoms with Gasteiger partial charge < -0.3 is 19.7 Å². The van der Waals surface area contributed by atoms with E-state index < -0.39 is 5.92 Å². The Hall–Kier alpha value is -3.51. The maximum absolute atomic E-state index is 12.7. The largest absolute Gasteiger partial charge is 0.494 e. The fourth-order valence-electron chi connectivity index (χ4n) is 3.51. The lowest BCUT2D eigenvalue weighted by Gasteiger charge is -2.17. The van der Waals surface area contributed by atoms with Gasteiger partial charge in [-0.2, -0.15) is 0 Å². The molecule has 0 aliphatic carbocycles. The normalized spacial score (nSPS) is 15.5. The molecule has 7 heteroatoms. The van der Waals surface area contributed by atoms with Crippen molar-refractivity contribution in [2.75, 3.05) is 23.4 Å². The highest BCUT2D eigenvalue weighted by Crippen LogP contribution is 2.28. The third kappa shape index (κ3) is 5.21. The number of halogens is 1. The first-order chi connectivity index (χ1) is 15.5. The van der Waals surface area contributed by atoms with Crippen LogP contribution in [0.5, 0.6) is 17.2 Å². The van der Waals surface area contributed by atoms with E-state index in [-0.39, 0.29) is 18.2 Å². The van der Waals surface area contributed by atoms with Gasteiger partial charge >= 0.3 is 0 Å². The highest BCUT2D eigenvalue weighted by Gasteiger charge is 2.35. The van der Waals surface area contributed by atoms with E-state index >= 15 is 0 Å². The van der Waals surface area contributed by atoms with E-state index in [2.05, 4.69) is 5.32 Å². The molecule has 0 radical (unpaired) electrons. The summed E-state index contributed by atoms with van der Waals surface area (Å²) < 4.78 is 11.2. The van der Waals surface area contributed by atoms with Crippen LogP contribution >= 0.6 is 11.6 Å². The van der Waals surface area contributed by atoms with Crippen molar-refractivity contribution in [2.45, 2.75) is 13.3 Å². The Morgan fingerprint density at radius 1 is 0.969 bits per heavy atom. The third-order valence-corrected chi connectivity index (χ3v) is 5.38. The Morgan fingerprint density at radius 3 is 2.19 bits per heavy atom. The van der Waals surface area contributed by atoms with Gasteiger partial charge in [0.2, 0.25) is 11.8 Å². The van der Waals surface area contributed by atoms with Gasteiger partial charge in [0.05, 0.1) is 12.5 Å². The topological polar surface area (TPSA) is 67.9 Å². The third-order valence-electron chi connectivity index (χ3n) is 5.13. The van der Waals surface area contributed by atoms with Crippen LogP contribution in [0.15, 0.2) is 72.8 Å². The number of nitrogens with zero attached hydrogens (tertiary/aromatic N) is 1. The van der Waals surface area contributed by atoms with Crippen LogP contribution in [0.25, 0.3) is 0 Å². The molecule has 4 rings (SSSR count). The molecule has 1 saturated heterocycles. The van der Waals surface area contributed by atoms with E-state index in [1.165, 1.54) is 0 Å². The summed E-state index contributed by atoms with van der Waals surface area (Å²) >= 11 is 5.88. The van der Waals surface area contributed by atoms with Crippen molar-refractivity contribution in [1.82, 2.24) is 0 Å². The van der Waals surface area contributed by atoms with Gasteiger partial charge in [-0.15, -0.1) is 0 Å². The first-order valence-electron chi connectivity index (χ1n) is 10.4. The number of benzene rings is 3. The zero-order valence-corrected chi connectivity index (χ0v) is 18.3. The van der Waals surface area contributed by atoms with Crippen molar-refractivity contribution in [3.05, 3.63) is 77.8 Å². The van der Waals surface area contributed by atoms with Crippen molar-refractivity contribution in [3.8, 4) is 17.2 Å². The fraction of sp³-hybridized carbons (Fsp3) is 0.200. The van der Waals surface area contributed by atoms with E-state index in [0.717, 1.165) is 11.4 Å². The molecule has 6 nitrogen and oxygen atoms in total. The van der Waals surface area contributed by atoms with Gasteiger partial charge in [0.1, 0.15) is 17.2 Å². The zero-order chi connectivity index (χ0) is 22.5. The van der Waals surface area contributed by atoms with Crippen molar-refractivity contribution >= 4 is 34.8 Å². The Balaban J connectivity index is 1.34. The first-order valence-corrected chi connectivity index (χ1v) is 10.8. The molecule has 3 aromatic carbocycles. The molecular weight excluding hydrogens is 428 g/mol. The van der Waals surface area contributed by atoms with Crippen LogP contribution in [-0.4, -0.2) is 25.0 Å².